The molecule has 2 aromatic rings. The highest BCUT2D eigenvalue weighted by Gasteiger charge is 2.30. The summed E-state index contributed by atoms with van der Waals surface area (Å²) >= 11 is 5.79. The van der Waals surface area contributed by atoms with Gasteiger partial charge in [-0.2, -0.15) is 0 Å². The van der Waals surface area contributed by atoms with Crippen LogP contribution in [-0.4, -0.2) is 45.4 Å². The molecule has 0 bridgehead atoms. The monoisotopic (exact) mass is 586 g/mol. The highest BCUT2D eigenvalue weighted by molar-refractivity contribution is 14.1. The quantitative estimate of drug-likeness (QED) is 0.283. The molecule has 0 aliphatic carbocycles. The number of fused-ring (bicyclic) bond motifs is 1. The lowest BCUT2D eigenvalue weighted by Gasteiger charge is -2.33. The van der Waals surface area contributed by atoms with Crippen molar-refractivity contribution in [1.29, 1.82) is 0 Å². The average Bonchev–Trinajstić information content (AvgIpc) is 2.70. The molecule has 0 radical (unpaired) electrons. The second-order valence-corrected chi connectivity index (χ2v) is 8.74. The topological polar surface area (TPSA) is 102 Å². The number of hydrazine groups is 1. The normalized spacial score (nSPS) is 20.3. The number of hydrogen-bond acceptors (Lipinski definition) is 7. The summed E-state index contributed by atoms with van der Waals surface area (Å²) in [6.07, 6.45) is 1.75. The Hall–Kier alpha value is -1.60. The van der Waals surface area contributed by atoms with Gasteiger partial charge in [-0.3, -0.25) is 4.98 Å². The Balaban J connectivity index is 1.79. The van der Waals surface area contributed by atoms with Crippen LogP contribution in [0.1, 0.15) is 12.5 Å². The van der Waals surface area contributed by atoms with Gasteiger partial charge < -0.3 is 15.8 Å². The second-order valence-electron chi connectivity index (χ2n) is 7.19. The molecule has 10 heteroatoms. The highest BCUT2D eigenvalue weighted by Crippen LogP contribution is 2.32. The molecule has 0 spiro atoms. The Morgan fingerprint density at radius 1 is 1.43 bits per heavy atom. The molecule has 4 rings (SSSR count). The third-order valence-corrected chi connectivity index (χ3v) is 6.67. The van der Waals surface area contributed by atoms with Crippen LogP contribution in [0, 0.1) is 5.82 Å². The number of alkyl halides is 1. The van der Waals surface area contributed by atoms with Gasteiger partial charge in [0.2, 0.25) is 0 Å². The molecule has 0 amide bonds. The fraction of sp³-hybridized carbons (Fsp3) is 0.300. The van der Waals surface area contributed by atoms with Crippen LogP contribution >= 0.6 is 38.5 Å². The number of aromatic nitrogens is 1. The van der Waals surface area contributed by atoms with Gasteiger partial charge in [-0.05, 0) is 47.1 Å². The summed E-state index contributed by atoms with van der Waals surface area (Å²) in [5, 5.41) is 5.57. The number of aliphatic imine (C=N–C) groups is 1. The molecule has 7 nitrogen and oxygen atoms in total. The highest BCUT2D eigenvalue weighted by atomic mass is 127. The summed E-state index contributed by atoms with van der Waals surface area (Å²) in [7, 11) is 0. The SMILES string of the molecule is CC(NC1COC1)C1=N/C(=C(/CI)c2cnc3ccc(F)cc3c2)N(N)C(N)=C1Br. The molecule has 30 heavy (non-hydrogen) atoms. The summed E-state index contributed by atoms with van der Waals surface area (Å²) in [6, 6.07) is 6.65. The molecule has 2 aliphatic rings. The number of pyridine rings is 1. The molecule has 3 heterocycles. The van der Waals surface area contributed by atoms with Gasteiger partial charge in [0, 0.05) is 33.2 Å². The average molecular weight is 587 g/mol. The fourth-order valence-electron chi connectivity index (χ4n) is 3.37. The van der Waals surface area contributed by atoms with Crippen molar-refractivity contribution in [2.24, 2.45) is 16.6 Å². The first-order valence-corrected chi connectivity index (χ1v) is 11.7. The van der Waals surface area contributed by atoms with E-state index in [1.165, 1.54) is 17.1 Å². The lowest BCUT2D eigenvalue weighted by atomic mass is 10.1. The van der Waals surface area contributed by atoms with Gasteiger partial charge in [-0.15, -0.1) is 0 Å². The Morgan fingerprint density at radius 2 is 2.20 bits per heavy atom. The van der Waals surface area contributed by atoms with Gasteiger partial charge in [0.1, 0.15) is 11.6 Å². The smallest absolute Gasteiger partial charge is 0.153 e. The molecule has 1 unspecified atom stereocenters. The lowest BCUT2D eigenvalue weighted by molar-refractivity contribution is -0.00634. The third-order valence-electron chi connectivity index (χ3n) is 5.09. The molecule has 1 fully saturated rings. The van der Waals surface area contributed by atoms with Crippen molar-refractivity contribution in [3.05, 3.63) is 58.0 Å². The van der Waals surface area contributed by atoms with Crippen LogP contribution in [0.2, 0.25) is 0 Å². The van der Waals surface area contributed by atoms with E-state index in [2.05, 4.69) is 48.8 Å². The number of halogens is 3. The van der Waals surface area contributed by atoms with Crippen molar-refractivity contribution in [2.75, 3.05) is 17.6 Å². The number of nitrogens with zero attached hydrogens (tertiary/aromatic N) is 3. The molecule has 1 atom stereocenters. The number of hydrogen-bond donors (Lipinski definition) is 3. The van der Waals surface area contributed by atoms with E-state index in [0.717, 1.165) is 22.4 Å². The van der Waals surface area contributed by atoms with E-state index >= 15 is 0 Å². The molecule has 1 saturated heterocycles. The van der Waals surface area contributed by atoms with E-state index in [0.29, 0.717) is 39.2 Å². The van der Waals surface area contributed by atoms with Crippen molar-refractivity contribution in [2.45, 2.75) is 19.0 Å². The third kappa shape index (κ3) is 4.11. The predicted molar refractivity (Wildman–Crippen MR) is 128 cm³/mol. The van der Waals surface area contributed by atoms with E-state index in [4.69, 9.17) is 21.3 Å². The maximum Gasteiger partial charge on any atom is 0.153 e. The number of nitrogens with one attached hydrogen (secondary N) is 1. The zero-order chi connectivity index (χ0) is 21.4. The largest absolute Gasteiger partial charge is 0.383 e. The maximum absolute atomic E-state index is 13.7. The number of rotatable bonds is 5. The molecule has 1 aromatic heterocycles. The summed E-state index contributed by atoms with van der Waals surface area (Å²) in [4.78, 5) is 9.32. The van der Waals surface area contributed by atoms with Crippen LogP contribution in [0.15, 0.2) is 51.6 Å². The molecule has 0 saturated carbocycles. The number of benzene rings is 1. The van der Waals surface area contributed by atoms with Crippen molar-refractivity contribution in [1.82, 2.24) is 15.3 Å². The molecule has 158 valence electrons. The molecule has 5 N–H and O–H groups in total. The first-order chi connectivity index (χ1) is 14.4. The summed E-state index contributed by atoms with van der Waals surface area (Å²) < 4.78 is 20.2. The van der Waals surface area contributed by atoms with Crippen LogP contribution in [0.5, 0.6) is 0 Å². The van der Waals surface area contributed by atoms with Gasteiger partial charge in [0.05, 0.1) is 35.0 Å². The Bertz CT molecular complexity index is 1080. The number of ether oxygens (including phenoxy) is 1. The van der Waals surface area contributed by atoms with Crippen LogP contribution in [0.4, 0.5) is 4.39 Å². The van der Waals surface area contributed by atoms with Gasteiger partial charge in [0.25, 0.3) is 0 Å². The van der Waals surface area contributed by atoms with E-state index in [9.17, 15) is 4.39 Å². The van der Waals surface area contributed by atoms with Gasteiger partial charge in [-0.1, -0.05) is 22.6 Å². The fourth-order valence-corrected chi connectivity index (χ4v) is 4.77. The minimum atomic E-state index is -0.306. The van der Waals surface area contributed by atoms with Crippen molar-refractivity contribution in [3.63, 3.8) is 0 Å². The van der Waals surface area contributed by atoms with E-state index < -0.39 is 0 Å². The first-order valence-electron chi connectivity index (χ1n) is 9.36. The first kappa shape index (κ1) is 21.6. The van der Waals surface area contributed by atoms with Crippen LogP contribution < -0.4 is 16.9 Å². The Kier molecular flexibility index (Phi) is 6.39. The summed E-state index contributed by atoms with van der Waals surface area (Å²) in [5.41, 5.74) is 9.45. The van der Waals surface area contributed by atoms with Gasteiger partial charge in [-0.25, -0.2) is 20.2 Å². The van der Waals surface area contributed by atoms with Crippen molar-refractivity contribution >= 4 is 60.7 Å². The zero-order valence-corrected chi connectivity index (χ0v) is 19.9. The van der Waals surface area contributed by atoms with Crippen LogP contribution in [-0.2, 0) is 4.74 Å². The summed E-state index contributed by atoms with van der Waals surface area (Å²) in [6.45, 7) is 3.39. The lowest BCUT2D eigenvalue weighted by Crippen LogP contribution is -2.53. The Morgan fingerprint density at radius 3 is 2.87 bits per heavy atom. The van der Waals surface area contributed by atoms with E-state index in [1.54, 1.807) is 12.3 Å². The molecule has 2 aliphatic heterocycles. The minimum absolute atomic E-state index is 0.0604. The number of nitrogens with two attached hydrogens (primary N) is 2. The number of allylic oxidation sites excluding steroid dienone is 1. The molecular weight excluding hydrogens is 566 g/mol. The molecular formula is C20H21BrFIN6O. The summed E-state index contributed by atoms with van der Waals surface area (Å²) in [5.74, 6) is 6.90. The maximum atomic E-state index is 13.7. The van der Waals surface area contributed by atoms with Crippen LogP contribution in [0.25, 0.3) is 16.5 Å². The van der Waals surface area contributed by atoms with Gasteiger partial charge in [0.15, 0.2) is 5.82 Å². The van der Waals surface area contributed by atoms with Crippen molar-refractivity contribution in [3.8, 4) is 0 Å². The zero-order valence-electron chi connectivity index (χ0n) is 16.2. The minimum Gasteiger partial charge on any atom is -0.383 e. The van der Waals surface area contributed by atoms with E-state index in [-0.39, 0.29) is 17.9 Å². The van der Waals surface area contributed by atoms with E-state index in [1.807, 2.05) is 13.0 Å². The van der Waals surface area contributed by atoms with Crippen LogP contribution in [0.3, 0.4) is 0 Å². The standard InChI is InChI=1S/C20H21BrFIN6O/c1-10(27-14-8-30-9-14)18-17(21)19(24)29(25)20(28-18)15(6-23)12-4-11-5-13(22)2-3-16(11)26-7-12/h2-5,7,10,14,27H,6,8-9,24-25H2,1H3/b20-15+. The Labute approximate surface area is 195 Å². The molecule has 1 aromatic carbocycles. The predicted octanol–water partition coefficient (Wildman–Crippen LogP) is 3.01. The van der Waals surface area contributed by atoms with Crippen molar-refractivity contribution < 1.29 is 9.13 Å². The second kappa shape index (κ2) is 8.87. The van der Waals surface area contributed by atoms with Gasteiger partial charge >= 0.3 is 0 Å².